The molecule has 0 aromatic heterocycles. The van der Waals surface area contributed by atoms with Crippen LogP contribution in [0.2, 0.25) is 0 Å². The lowest BCUT2D eigenvalue weighted by molar-refractivity contribution is -0.121. The lowest BCUT2D eigenvalue weighted by Crippen LogP contribution is -2.33. The van der Waals surface area contributed by atoms with Crippen molar-refractivity contribution < 1.29 is 22.7 Å². The third-order valence-electron chi connectivity index (χ3n) is 4.86. The van der Waals surface area contributed by atoms with Crippen molar-refractivity contribution in [1.29, 1.82) is 0 Å². The van der Waals surface area contributed by atoms with E-state index < -0.39 is 10.0 Å². The predicted molar refractivity (Wildman–Crippen MR) is 123 cm³/mol. The average molecular weight is 449 g/mol. The summed E-state index contributed by atoms with van der Waals surface area (Å²) in [6, 6.07) is 14.4. The van der Waals surface area contributed by atoms with Crippen molar-refractivity contribution in [2.45, 2.75) is 39.2 Å². The first-order valence-electron chi connectivity index (χ1n) is 10.4. The van der Waals surface area contributed by atoms with E-state index in [9.17, 15) is 13.2 Å². The van der Waals surface area contributed by atoms with Gasteiger partial charge in [-0.25, -0.2) is 8.42 Å². The molecule has 8 heteroatoms. The first-order valence-corrected chi connectivity index (χ1v) is 12.3. The molecule has 0 aliphatic carbocycles. The number of sulfonamides is 1. The number of nitrogens with one attached hydrogen (secondary N) is 1. The molecule has 0 aliphatic rings. The van der Waals surface area contributed by atoms with E-state index >= 15 is 0 Å². The van der Waals surface area contributed by atoms with Crippen molar-refractivity contribution in [3.8, 4) is 11.5 Å². The van der Waals surface area contributed by atoms with Crippen LogP contribution >= 0.6 is 0 Å². The molecule has 1 unspecified atom stereocenters. The Bertz CT molecular complexity index is 927. The normalized spacial score (nSPS) is 12.1. The van der Waals surface area contributed by atoms with E-state index in [1.807, 2.05) is 38.1 Å². The zero-order valence-electron chi connectivity index (χ0n) is 18.6. The number of nitrogens with zero attached hydrogens (tertiary/aromatic N) is 1. The minimum atomic E-state index is -3.47. The predicted octanol–water partition coefficient (Wildman–Crippen LogP) is 3.91. The summed E-state index contributed by atoms with van der Waals surface area (Å²) in [5, 5.41) is 3.03. The van der Waals surface area contributed by atoms with E-state index in [4.69, 9.17) is 9.47 Å². The fourth-order valence-corrected chi connectivity index (χ4v) is 4.23. The van der Waals surface area contributed by atoms with E-state index in [1.165, 1.54) is 10.6 Å². The van der Waals surface area contributed by atoms with Crippen LogP contribution in [0.3, 0.4) is 0 Å². The molecule has 170 valence electrons. The van der Waals surface area contributed by atoms with Crippen molar-refractivity contribution in [3.05, 3.63) is 54.1 Å². The zero-order valence-corrected chi connectivity index (χ0v) is 19.4. The van der Waals surface area contributed by atoms with E-state index in [2.05, 4.69) is 5.32 Å². The van der Waals surface area contributed by atoms with Crippen LogP contribution < -0.4 is 19.1 Å². The Morgan fingerprint density at radius 3 is 2.16 bits per heavy atom. The number of anilines is 1. The van der Waals surface area contributed by atoms with Gasteiger partial charge in [0.2, 0.25) is 15.9 Å². The number of methoxy groups -OCH3 is 1. The van der Waals surface area contributed by atoms with Gasteiger partial charge in [-0.1, -0.05) is 19.1 Å². The van der Waals surface area contributed by atoms with Gasteiger partial charge in [-0.15, -0.1) is 0 Å². The van der Waals surface area contributed by atoms with Crippen LogP contribution in [0.25, 0.3) is 0 Å². The molecule has 2 rings (SSSR count). The summed E-state index contributed by atoms with van der Waals surface area (Å²) in [5.74, 6) is 1.34. The summed E-state index contributed by atoms with van der Waals surface area (Å²) in [5.41, 5.74) is 1.56. The molecule has 0 bridgehead atoms. The zero-order chi connectivity index (χ0) is 22.9. The fourth-order valence-electron chi connectivity index (χ4n) is 3.27. The van der Waals surface area contributed by atoms with Gasteiger partial charge >= 0.3 is 0 Å². The molecule has 0 saturated carbocycles. The minimum Gasteiger partial charge on any atom is -0.497 e. The molecule has 1 atom stereocenters. The van der Waals surface area contributed by atoms with Gasteiger partial charge in [0.1, 0.15) is 11.5 Å². The van der Waals surface area contributed by atoms with Crippen molar-refractivity contribution in [2.75, 3.05) is 30.8 Å². The Morgan fingerprint density at radius 2 is 1.65 bits per heavy atom. The highest BCUT2D eigenvalue weighted by Crippen LogP contribution is 2.23. The van der Waals surface area contributed by atoms with Gasteiger partial charge in [0.25, 0.3) is 0 Å². The quantitative estimate of drug-likeness (QED) is 0.532. The van der Waals surface area contributed by atoms with Gasteiger partial charge in [0.05, 0.1) is 31.7 Å². The number of carbonyl (C=O) groups is 1. The van der Waals surface area contributed by atoms with Crippen LogP contribution in [0.5, 0.6) is 11.5 Å². The molecule has 0 aliphatic heterocycles. The summed E-state index contributed by atoms with van der Waals surface area (Å²) in [6.45, 7) is 4.66. The summed E-state index contributed by atoms with van der Waals surface area (Å²) >= 11 is 0. The highest BCUT2D eigenvalue weighted by molar-refractivity contribution is 7.92. The van der Waals surface area contributed by atoms with Crippen molar-refractivity contribution in [3.63, 3.8) is 0 Å². The number of amides is 1. The first-order chi connectivity index (χ1) is 14.8. The van der Waals surface area contributed by atoms with Crippen LogP contribution in [-0.4, -0.2) is 40.8 Å². The molecule has 0 saturated heterocycles. The van der Waals surface area contributed by atoms with E-state index in [0.29, 0.717) is 24.5 Å². The third-order valence-corrected chi connectivity index (χ3v) is 6.06. The maximum Gasteiger partial charge on any atom is 0.232 e. The Kier molecular flexibility index (Phi) is 9.18. The van der Waals surface area contributed by atoms with E-state index in [1.54, 1.807) is 31.4 Å². The smallest absolute Gasteiger partial charge is 0.232 e. The maximum atomic E-state index is 12.5. The summed E-state index contributed by atoms with van der Waals surface area (Å²) < 4.78 is 36.4. The highest BCUT2D eigenvalue weighted by Gasteiger charge is 2.18. The van der Waals surface area contributed by atoms with Gasteiger partial charge < -0.3 is 14.8 Å². The highest BCUT2D eigenvalue weighted by atomic mass is 32.2. The second-order valence-electron chi connectivity index (χ2n) is 7.17. The summed E-state index contributed by atoms with van der Waals surface area (Å²) in [6.07, 6.45) is 2.56. The second-order valence-corrected chi connectivity index (χ2v) is 9.07. The molecule has 2 aromatic carbocycles. The van der Waals surface area contributed by atoms with Crippen LogP contribution in [0.1, 0.15) is 44.7 Å². The average Bonchev–Trinajstić information content (AvgIpc) is 2.75. The lowest BCUT2D eigenvalue weighted by atomic mass is 10.0. The maximum absolute atomic E-state index is 12.5. The Labute approximate surface area is 185 Å². The van der Waals surface area contributed by atoms with Gasteiger partial charge in [0.15, 0.2) is 0 Å². The Hall–Kier alpha value is -2.74. The van der Waals surface area contributed by atoms with E-state index in [0.717, 1.165) is 17.7 Å². The van der Waals surface area contributed by atoms with Crippen molar-refractivity contribution in [1.82, 2.24) is 5.32 Å². The second kappa shape index (κ2) is 11.6. The number of benzene rings is 2. The molecule has 2 aromatic rings. The number of carbonyl (C=O) groups excluding carboxylic acids is 1. The Morgan fingerprint density at radius 1 is 1.03 bits per heavy atom. The molecule has 1 amide bonds. The van der Waals surface area contributed by atoms with Crippen LogP contribution in [0.4, 0.5) is 5.69 Å². The number of ether oxygens (including phenoxy) is 2. The molecule has 0 spiro atoms. The SMILES string of the molecule is CCOc1ccc(N(CCCC(=O)NC(CC)c2ccc(OC)cc2)S(C)(=O)=O)cc1. The summed E-state index contributed by atoms with van der Waals surface area (Å²) in [4.78, 5) is 12.5. The molecular weight excluding hydrogens is 416 g/mol. The van der Waals surface area contributed by atoms with Gasteiger partial charge in [-0.2, -0.15) is 0 Å². The number of hydrogen-bond donors (Lipinski definition) is 1. The van der Waals surface area contributed by atoms with E-state index in [-0.39, 0.29) is 24.9 Å². The van der Waals surface area contributed by atoms with Crippen molar-refractivity contribution >= 4 is 21.6 Å². The van der Waals surface area contributed by atoms with Crippen LogP contribution in [-0.2, 0) is 14.8 Å². The molecular formula is C23H32N2O5S. The van der Waals surface area contributed by atoms with Gasteiger partial charge in [0, 0.05) is 13.0 Å². The minimum absolute atomic E-state index is 0.101. The molecule has 7 nitrogen and oxygen atoms in total. The molecule has 31 heavy (non-hydrogen) atoms. The standard InChI is InChI=1S/C23H32N2O5S/c1-5-22(18-9-13-20(29-3)14-10-18)24-23(26)8-7-17-25(31(4,27)28)19-11-15-21(16-12-19)30-6-2/h9-16,22H,5-8,17H2,1-4H3,(H,24,26). The third kappa shape index (κ3) is 7.47. The largest absolute Gasteiger partial charge is 0.497 e. The number of hydrogen-bond acceptors (Lipinski definition) is 5. The summed E-state index contributed by atoms with van der Waals surface area (Å²) in [7, 11) is -1.86. The lowest BCUT2D eigenvalue weighted by Gasteiger charge is -2.23. The van der Waals surface area contributed by atoms with Crippen LogP contribution in [0.15, 0.2) is 48.5 Å². The van der Waals surface area contributed by atoms with Crippen molar-refractivity contribution in [2.24, 2.45) is 0 Å². The number of rotatable bonds is 12. The van der Waals surface area contributed by atoms with Gasteiger partial charge in [-0.05, 0) is 61.7 Å². The molecule has 0 heterocycles. The Balaban J connectivity index is 1.95. The first kappa shape index (κ1) is 24.5. The molecule has 1 N–H and O–H groups in total. The molecule has 0 fully saturated rings. The monoisotopic (exact) mass is 448 g/mol. The fraction of sp³-hybridized carbons (Fsp3) is 0.435. The van der Waals surface area contributed by atoms with Crippen LogP contribution in [0, 0.1) is 0 Å². The molecule has 0 radical (unpaired) electrons. The van der Waals surface area contributed by atoms with Gasteiger partial charge in [-0.3, -0.25) is 9.10 Å². The topological polar surface area (TPSA) is 84.9 Å².